The maximum atomic E-state index is 13.4. The Bertz CT molecular complexity index is 1170. The van der Waals surface area contributed by atoms with E-state index < -0.39 is 17.6 Å². The second-order valence-corrected chi connectivity index (χ2v) is 7.75. The van der Waals surface area contributed by atoms with Crippen molar-refractivity contribution < 1.29 is 23.5 Å². The van der Waals surface area contributed by atoms with Crippen molar-refractivity contribution in [1.29, 1.82) is 0 Å². The van der Waals surface area contributed by atoms with Crippen LogP contribution in [0.2, 0.25) is 0 Å². The molecule has 0 unspecified atom stereocenters. The fourth-order valence-electron chi connectivity index (χ4n) is 3.39. The molecule has 0 spiro atoms. The van der Waals surface area contributed by atoms with Gasteiger partial charge >= 0.3 is 0 Å². The van der Waals surface area contributed by atoms with E-state index in [1.807, 2.05) is 25.3 Å². The first-order valence-electron chi connectivity index (χ1n) is 10.1. The lowest BCUT2D eigenvalue weighted by molar-refractivity contribution is -0.120. The maximum Gasteiger partial charge on any atom is 0.282 e. The summed E-state index contributed by atoms with van der Waals surface area (Å²) >= 11 is 1.36. The largest absolute Gasteiger partial charge is 0.490 e. The molecule has 2 amide bonds. The summed E-state index contributed by atoms with van der Waals surface area (Å²) in [7, 11) is 0. The lowest BCUT2D eigenvalue weighted by Gasteiger charge is -2.16. The van der Waals surface area contributed by atoms with Gasteiger partial charge in [0, 0.05) is 16.6 Å². The summed E-state index contributed by atoms with van der Waals surface area (Å²) in [5.41, 5.74) is 1.28. The van der Waals surface area contributed by atoms with Crippen LogP contribution in [0.25, 0.3) is 5.57 Å². The quantitative estimate of drug-likeness (QED) is 0.483. The zero-order valence-corrected chi connectivity index (χ0v) is 18.4. The summed E-state index contributed by atoms with van der Waals surface area (Å²) in [5, 5.41) is 4.94. The molecule has 0 radical (unpaired) electrons. The van der Waals surface area contributed by atoms with Gasteiger partial charge in [-0.25, -0.2) is 9.29 Å². The number of amides is 2. The van der Waals surface area contributed by atoms with Crippen molar-refractivity contribution in [1.82, 2.24) is 0 Å². The van der Waals surface area contributed by atoms with Gasteiger partial charge in [0.15, 0.2) is 11.5 Å². The Hall–Kier alpha value is -3.65. The minimum absolute atomic E-state index is 0.147. The van der Waals surface area contributed by atoms with Gasteiger partial charge in [-0.2, -0.15) is 0 Å². The molecule has 8 heteroatoms. The highest BCUT2D eigenvalue weighted by Crippen LogP contribution is 2.37. The predicted octanol–water partition coefficient (Wildman–Crippen LogP) is 5.08. The van der Waals surface area contributed by atoms with E-state index in [-0.39, 0.29) is 11.3 Å². The van der Waals surface area contributed by atoms with Crippen LogP contribution in [0.5, 0.6) is 11.5 Å². The van der Waals surface area contributed by atoms with Crippen LogP contribution < -0.4 is 19.7 Å². The number of nitrogens with zero attached hydrogens (tertiary/aromatic N) is 1. The Morgan fingerprint density at radius 1 is 0.938 bits per heavy atom. The third-order valence-electron chi connectivity index (χ3n) is 4.75. The summed E-state index contributed by atoms with van der Waals surface area (Å²) < 4.78 is 24.6. The summed E-state index contributed by atoms with van der Waals surface area (Å²) in [6.45, 7) is 4.68. The van der Waals surface area contributed by atoms with Crippen LogP contribution in [-0.4, -0.2) is 25.0 Å². The summed E-state index contributed by atoms with van der Waals surface area (Å²) in [6, 6.07) is 14.1. The molecule has 0 saturated carbocycles. The molecule has 2 aromatic carbocycles. The van der Waals surface area contributed by atoms with E-state index in [2.05, 4.69) is 5.32 Å². The molecule has 4 rings (SSSR count). The van der Waals surface area contributed by atoms with Gasteiger partial charge in [-0.1, -0.05) is 6.07 Å². The summed E-state index contributed by atoms with van der Waals surface area (Å²) in [4.78, 5) is 28.3. The van der Waals surface area contributed by atoms with Crippen molar-refractivity contribution in [3.63, 3.8) is 0 Å². The Labute approximate surface area is 188 Å². The number of imide groups is 1. The number of rotatable bonds is 8. The molecule has 1 aliphatic rings. The number of carbonyl (C=O) groups is 2. The first-order chi connectivity index (χ1) is 15.5. The average molecular weight is 453 g/mol. The SMILES string of the molecule is CCOc1ccc(NC2=C(c3cccs3)C(=O)N(c3ccc(F)cc3)C2=O)cc1OCC. The standard InChI is InChI=1S/C24H21FN2O4S/c1-3-30-18-12-9-16(14-19(18)31-4-2)26-22-21(20-6-5-13-32-20)23(28)27(24(22)29)17-10-7-15(25)8-11-17/h5-14,26H,3-4H2,1-2H3. The number of benzene rings is 2. The number of thiophene rings is 1. The molecular weight excluding hydrogens is 431 g/mol. The van der Waals surface area contributed by atoms with Crippen molar-refractivity contribution in [3.05, 3.63) is 76.4 Å². The van der Waals surface area contributed by atoms with Gasteiger partial charge in [0.1, 0.15) is 11.5 Å². The minimum Gasteiger partial charge on any atom is -0.490 e. The number of anilines is 2. The van der Waals surface area contributed by atoms with Crippen LogP contribution in [0.4, 0.5) is 15.8 Å². The van der Waals surface area contributed by atoms with Crippen molar-refractivity contribution >= 4 is 40.1 Å². The first kappa shape index (κ1) is 21.6. The molecule has 1 aromatic heterocycles. The van der Waals surface area contributed by atoms with E-state index in [0.29, 0.717) is 41.0 Å². The normalized spacial score (nSPS) is 13.7. The van der Waals surface area contributed by atoms with Crippen LogP contribution in [0.3, 0.4) is 0 Å². The highest BCUT2D eigenvalue weighted by atomic mass is 32.1. The van der Waals surface area contributed by atoms with Crippen molar-refractivity contribution in [3.8, 4) is 11.5 Å². The van der Waals surface area contributed by atoms with Crippen LogP contribution in [-0.2, 0) is 9.59 Å². The Morgan fingerprint density at radius 2 is 1.66 bits per heavy atom. The topological polar surface area (TPSA) is 67.9 Å². The molecule has 0 bridgehead atoms. The van der Waals surface area contributed by atoms with Gasteiger partial charge in [-0.15, -0.1) is 11.3 Å². The minimum atomic E-state index is -0.517. The third-order valence-corrected chi connectivity index (χ3v) is 5.64. The van der Waals surface area contributed by atoms with Gasteiger partial charge < -0.3 is 14.8 Å². The molecular formula is C24H21FN2O4S. The number of nitrogens with one attached hydrogen (secondary N) is 1. The summed E-state index contributed by atoms with van der Waals surface area (Å²) in [5.74, 6) is -0.311. The van der Waals surface area contributed by atoms with Gasteiger partial charge in [0.05, 0.1) is 24.5 Å². The molecule has 0 aliphatic carbocycles. The fraction of sp³-hybridized carbons (Fsp3) is 0.167. The van der Waals surface area contributed by atoms with E-state index in [1.54, 1.807) is 24.3 Å². The smallest absolute Gasteiger partial charge is 0.282 e. The zero-order valence-electron chi connectivity index (χ0n) is 17.6. The molecule has 2 heterocycles. The van der Waals surface area contributed by atoms with Gasteiger partial charge in [0.25, 0.3) is 11.8 Å². The second kappa shape index (κ2) is 9.23. The Morgan fingerprint density at radius 3 is 2.31 bits per heavy atom. The highest BCUT2D eigenvalue weighted by Gasteiger charge is 2.40. The predicted molar refractivity (Wildman–Crippen MR) is 123 cm³/mol. The van der Waals surface area contributed by atoms with E-state index in [9.17, 15) is 14.0 Å². The average Bonchev–Trinajstić information content (AvgIpc) is 3.38. The van der Waals surface area contributed by atoms with E-state index in [1.165, 1.54) is 35.6 Å². The number of halogens is 1. The van der Waals surface area contributed by atoms with E-state index in [0.717, 1.165) is 4.90 Å². The van der Waals surface area contributed by atoms with Crippen molar-refractivity contribution in [2.24, 2.45) is 0 Å². The number of hydrogen-bond donors (Lipinski definition) is 1. The number of hydrogen-bond acceptors (Lipinski definition) is 6. The molecule has 164 valence electrons. The lowest BCUT2D eigenvalue weighted by Crippen LogP contribution is -2.32. The van der Waals surface area contributed by atoms with Crippen LogP contribution in [0.15, 0.2) is 65.7 Å². The molecule has 1 N–H and O–H groups in total. The lowest BCUT2D eigenvalue weighted by atomic mass is 10.1. The van der Waals surface area contributed by atoms with Gasteiger partial charge in [-0.05, 0) is 61.7 Å². The zero-order chi connectivity index (χ0) is 22.7. The van der Waals surface area contributed by atoms with Gasteiger partial charge in [-0.3, -0.25) is 9.59 Å². The summed E-state index contributed by atoms with van der Waals surface area (Å²) in [6.07, 6.45) is 0. The van der Waals surface area contributed by atoms with E-state index in [4.69, 9.17) is 9.47 Å². The fourth-order valence-corrected chi connectivity index (χ4v) is 4.16. The molecule has 3 aromatic rings. The van der Waals surface area contributed by atoms with Crippen LogP contribution in [0.1, 0.15) is 18.7 Å². The molecule has 0 saturated heterocycles. The molecule has 0 fully saturated rings. The number of ether oxygens (including phenoxy) is 2. The second-order valence-electron chi connectivity index (χ2n) is 6.80. The molecule has 6 nitrogen and oxygen atoms in total. The first-order valence-corrected chi connectivity index (χ1v) is 11.0. The Balaban J connectivity index is 1.74. The molecule has 0 atom stereocenters. The number of carbonyl (C=O) groups excluding carboxylic acids is 2. The maximum absolute atomic E-state index is 13.4. The van der Waals surface area contributed by atoms with E-state index >= 15 is 0 Å². The molecule has 1 aliphatic heterocycles. The monoisotopic (exact) mass is 452 g/mol. The van der Waals surface area contributed by atoms with Crippen LogP contribution in [0, 0.1) is 5.82 Å². The molecule has 32 heavy (non-hydrogen) atoms. The van der Waals surface area contributed by atoms with Crippen molar-refractivity contribution in [2.75, 3.05) is 23.4 Å². The van der Waals surface area contributed by atoms with Crippen LogP contribution >= 0.6 is 11.3 Å². The highest BCUT2D eigenvalue weighted by molar-refractivity contribution is 7.11. The Kier molecular flexibility index (Phi) is 6.23. The van der Waals surface area contributed by atoms with Gasteiger partial charge in [0.2, 0.25) is 0 Å². The van der Waals surface area contributed by atoms with Crippen molar-refractivity contribution in [2.45, 2.75) is 13.8 Å². The third kappa shape index (κ3) is 4.09.